The van der Waals surface area contributed by atoms with Gasteiger partial charge in [0.1, 0.15) is 15.6 Å². The van der Waals surface area contributed by atoms with E-state index in [1.54, 1.807) is 0 Å². The molecule has 0 radical (unpaired) electrons. The fourth-order valence-corrected chi connectivity index (χ4v) is 3.24. The molecule has 1 rings (SSSR count). The third kappa shape index (κ3) is 5.81. The summed E-state index contributed by atoms with van der Waals surface area (Å²) in [5.41, 5.74) is 0.875. The Kier molecular flexibility index (Phi) is 6.99. The summed E-state index contributed by atoms with van der Waals surface area (Å²) in [5, 5.41) is 3.29. The molecule has 6 heteroatoms. The fourth-order valence-electron chi connectivity index (χ4n) is 1.96. The Labute approximate surface area is 130 Å². The highest BCUT2D eigenvalue weighted by molar-refractivity contribution is 9.10. The molecule has 0 aliphatic heterocycles. The van der Waals surface area contributed by atoms with E-state index in [9.17, 15) is 8.42 Å². The standard InChI is InChI=1S/C14H22BrNO3S/c1-4-8-16-13(10-20(3,17)18)12-9-11(15)6-7-14(12)19-5-2/h6-7,9,13,16H,4-5,8,10H2,1-3H3. The van der Waals surface area contributed by atoms with E-state index < -0.39 is 9.84 Å². The van der Waals surface area contributed by atoms with Crippen molar-refractivity contribution < 1.29 is 13.2 Å². The van der Waals surface area contributed by atoms with E-state index >= 15 is 0 Å². The Balaban J connectivity index is 3.13. The minimum Gasteiger partial charge on any atom is -0.494 e. The molecule has 0 aromatic heterocycles. The first-order valence-electron chi connectivity index (χ1n) is 6.70. The van der Waals surface area contributed by atoms with E-state index in [-0.39, 0.29) is 11.8 Å². The lowest BCUT2D eigenvalue weighted by Crippen LogP contribution is -2.29. The van der Waals surface area contributed by atoms with Crippen molar-refractivity contribution in [1.29, 1.82) is 0 Å². The number of benzene rings is 1. The minimum atomic E-state index is -3.08. The molecule has 114 valence electrons. The highest BCUT2D eigenvalue weighted by atomic mass is 79.9. The van der Waals surface area contributed by atoms with Gasteiger partial charge in [-0.2, -0.15) is 0 Å². The summed E-state index contributed by atoms with van der Waals surface area (Å²) in [7, 11) is -3.08. The lowest BCUT2D eigenvalue weighted by atomic mass is 10.1. The summed E-state index contributed by atoms with van der Waals surface area (Å²) in [5.74, 6) is 0.789. The Morgan fingerprint density at radius 2 is 2.05 bits per heavy atom. The van der Waals surface area contributed by atoms with Crippen LogP contribution < -0.4 is 10.1 Å². The molecule has 1 atom stereocenters. The van der Waals surface area contributed by atoms with Gasteiger partial charge < -0.3 is 10.1 Å². The molecular weight excluding hydrogens is 342 g/mol. The van der Waals surface area contributed by atoms with Crippen LogP contribution in [0.3, 0.4) is 0 Å². The van der Waals surface area contributed by atoms with Crippen LogP contribution >= 0.6 is 15.9 Å². The molecule has 1 unspecified atom stereocenters. The molecule has 0 bridgehead atoms. The molecule has 0 saturated carbocycles. The monoisotopic (exact) mass is 363 g/mol. The van der Waals surface area contributed by atoms with E-state index in [0.717, 1.165) is 28.8 Å². The molecule has 0 aliphatic rings. The third-order valence-electron chi connectivity index (χ3n) is 2.76. The lowest BCUT2D eigenvalue weighted by molar-refractivity contribution is 0.332. The molecule has 1 aromatic carbocycles. The van der Waals surface area contributed by atoms with Gasteiger partial charge in [0.25, 0.3) is 0 Å². The van der Waals surface area contributed by atoms with Crippen LogP contribution in [0.25, 0.3) is 0 Å². The smallest absolute Gasteiger partial charge is 0.149 e. The Hall–Kier alpha value is -0.590. The van der Waals surface area contributed by atoms with Crippen LogP contribution in [-0.2, 0) is 9.84 Å². The molecule has 20 heavy (non-hydrogen) atoms. The Morgan fingerprint density at radius 1 is 1.35 bits per heavy atom. The Bertz CT molecular complexity index is 531. The van der Waals surface area contributed by atoms with Crippen LogP contribution in [0, 0.1) is 0 Å². The maximum Gasteiger partial charge on any atom is 0.149 e. The topological polar surface area (TPSA) is 55.4 Å². The maximum atomic E-state index is 11.6. The first-order chi connectivity index (χ1) is 9.37. The van der Waals surface area contributed by atoms with Crippen molar-refractivity contribution in [2.24, 2.45) is 0 Å². The third-order valence-corrected chi connectivity index (χ3v) is 4.19. The van der Waals surface area contributed by atoms with Crippen molar-refractivity contribution in [3.05, 3.63) is 28.2 Å². The van der Waals surface area contributed by atoms with Gasteiger partial charge in [0.2, 0.25) is 0 Å². The average molecular weight is 364 g/mol. The van der Waals surface area contributed by atoms with Gasteiger partial charge in [-0.15, -0.1) is 0 Å². The lowest BCUT2D eigenvalue weighted by Gasteiger charge is -2.21. The zero-order valence-corrected chi connectivity index (χ0v) is 14.6. The maximum absolute atomic E-state index is 11.6. The van der Waals surface area contributed by atoms with Crippen molar-refractivity contribution >= 4 is 25.8 Å². The number of halogens is 1. The second-order valence-electron chi connectivity index (χ2n) is 4.71. The summed E-state index contributed by atoms with van der Waals surface area (Å²) in [6.45, 7) is 5.28. The fraction of sp³-hybridized carbons (Fsp3) is 0.571. The number of sulfone groups is 1. The molecule has 0 saturated heterocycles. The van der Waals surface area contributed by atoms with Gasteiger partial charge in [0, 0.05) is 22.3 Å². The second-order valence-corrected chi connectivity index (χ2v) is 7.81. The molecule has 0 fully saturated rings. The van der Waals surface area contributed by atoms with E-state index in [2.05, 4.69) is 28.2 Å². The summed E-state index contributed by atoms with van der Waals surface area (Å²) < 4.78 is 29.8. The van der Waals surface area contributed by atoms with Crippen molar-refractivity contribution in [3.8, 4) is 5.75 Å². The molecular formula is C14H22BrNO3S. The van der Waals surface area contributed by atoms with Crippen LogP contribution in [0.2, 0.25) is 0 Å². The number of ether oxygens (including phenoxy) is 1. The van der Waals surface area contributed by atoms with E-state index in [1.807, 2.05) is 25.1 Å². The van der Waals surface area contributed by atoms with Gasteiger partial charge in [-0.3, -0.25) is 0 Å². The molecule has 0 heterocycles. The molecule has 1 aromatic rings. The number of hydrogen-bond acceptors (Lipinski definition) is 4. The summed E-state index contributed by atoms with van der Waals surface area (Å²) in [6, 6.07) is 5.42. The normalized spacial score (nSPS) is 13.2. The highest BCUT2D eigenvalue weighted by Crippen LogP contribution is 2.29. The zero-order chi connectivity index (χ0) is 15.2. The minimum absolute atomic E-state index is 0.0591. The first-order valence-corrected chi connectivity index (χ1v) is 9.56. The SMILES string of the molecule is CCCNC(CS(C)(=O)=O)c1cc(Br)ccc1OCC. The van der Waals surface area contributed by atoms with E-state index in [0.29, 0.717) is 6.61 Å². The van der Waals surface area contributed by atoms with Crippen molar-refractivity contribution in [1.82, 2.24) is 5.32 Å². The van der Waals surface area contributed by atoms with Crippen LogP contribution in [-0.4, -0.2) is 33.6 Å². The summed E-state index contributed by atoms with van der Waals surface area (Å²) >= 11 is 3.43. The van der Waals surface area contributed by atoms with Crippen molar-refractivity contribution in [3.63, 3.8) is 0 Å². The largest absolute Gasteiger partial charge is 0.494 e. The molecule has 4 nitrogen and oxygen atoms in total. The van der Waals surface area contributed by atoms with Crippen LogP contribution in [0.1, 0.15) is 31.9 Å². The average Bonchev–Trinajstić information content (AvgIpc) is 2.35. The quantitative estimate of drug-likeness (QED) is 0.771. The molecule has 1 N–H and O–H groups in total. The van der Waals surface area contributed by atoms with Crippen LogP contribution in [0.15, 0.2) is 22.7 Å². The predicted octanol–water partition coefficient (Wildman–Crippen LogP) is 2.93. The first kappa shape index (κ1) is 17.5. The number of hydrogen-bond donors (Lipinski definition) is 1. The van der Waals surface area contributed by atoms with Gasteiger partial charge in [-0.25, -0.2) is 8.42 Å². The zero-order valence-electron chi connectivity index (χ0n) is 12.1. The van der Waals surface area contributed by atoms with E-state index in [4.69, 9.17) is 4.74 Å². The summed E-state index contributed by atoms with van der Waals surface area (Å²) in [4.78, 5) is 0. The van der Waals surface area contributed by atoms with Crippen LogP contribution in [0.4, 0.5) is 0 Å². The number of nitrogens with one attached hydrogen (secondary N) is 1. The Morgan fingerprint density at radius 3 is 2.60 bits per heavy atom. The van der Waals surface area contributed by atoms with Crippen molar-refractivity contribution in [2.45, 2.75) is 26.3 Å². The summed E-state index contributed by atoms with van der Waals surface area (Å²) in [6.07, 6.45) is 2.20. The van der Waals surface area contributed by atoms with Gasteiger partial charge in [0.05, 0.1) is 12.4 Å². The second kappa shape index (κ2) is 8.00. The van der Waals surface area contributed by atoms with Gasteiger partial charge in [-0.05, 0) is 38.1 Å². The van der Waals surface area contributed by atoms with Crippen LogP contribution in [0.5, 0.6) is 5.75 Å². The van der Waals surface area contributed by atoms with Gasteiger partial charge in [0.15, 0.2) is 0 Å². The van der Waals surface area contributed by atoms with Crippen molar-refractivity contribution in [2.75, 3.05) is 25.2 Å². The van der Waals surface area contributed by atoms with E-state index in [1.165, 1.54) is 6.26 Å². The van der Waals surface area contributed by atoms with Gasteiger partial charge >= 0.3 is 0 Å². The van der Waals surface area contributed by atoms with Gasteiger partial charge in [-0.1, -0.05) is 22.9 Å². The molecule has 0 aliphatic carbocycles. The highest BCUT2D eigenvalue weighted by Gasteiger charge is 2.20. The predicted molar refractivity (Wildman–Crippen MR) is 86.1 cm³/mol. The molecule has 0 amide bonds. The number of rotatable bonds is 8. The molecule has 0 spiro atoms.